The molecule has 0 bridgehead atoms. The molecule has 0 aliphatic heterocycles. The van der Waals surface area contributed by atoms with Crippen molar-refractivity contribution in [2.75, 3.05) is 18.9 Å². The Bertz CT molecular complexity index is 514. The Morgan fingerprint density at radius 3 is 2.26 bits per heavy atom. The van der Waals surface area contributed by atoms with E-state index in [0.717, 1.165) is 12.2 Å². The fraction of sp³-hybridized carbons (Fsp3) is 0.200. The van der Waals surface area contributed by atoms with E-state index in [0.29, 0.717) is 24.7 Å². The molecule has 0 aliphatic carbocycles. The Morgan fingerprint density at radius 2 is 1.58 bits per heavy atom. The van der Waals surface area contributed by atoms with Crippen LogP contribution in [0.15, 0.2) is 48.5 Å². The lowest BCUT2D eigenvalue weighted by Gasteiger charge is -2.08. The Labute approximate surface area is 111 Å². The lowest BCUT2D eigenvalue weighted by molar-refractivity contribution is 0.247. The van der Waals surface area contributed by atoms with Crippen LogP contribution in [-0.2, 0) is 0 Å². The summed E-state index contributed by atoms with van der Waals surface area (Å²) in [5.41, 5.74) is 6.32. The third kappa shape index (κ3) is 4.50. The number of benzene rings is 2. The van der Waals surface area contributed by atoms with Crippen LogP contribution in [0.3, 0.4) is 0 Å². The topological polar surface area (TPSA) is 44.5 Å². The first-order valence-corrected chi connectivity index (χ1v) is 6.11. The third-order valence-corrected chi connectivity index (χ3v) is 2.50. The molecule has 2 aromatic rings. The second-order valence-corrected chi connectivity index (χ2v) is 4.08. The van der Waals surface area contributed by atoms with Crippen LogP contribution < -0.4 is 15.2 Å². The summed E-state index contributed by atoms with van der Waals surface area (Å²) in [7, 11) is 0. The van der Waals surface area contributed by atoms with Gasteiger partial charge in [-0.1, -0.05) is 6.07 Å². The second kappa shape index (κ2) is 6.64. The van der Waals surface area contributed by atoms with E-state index in [1.54, 1.807) is 18.2 Å². The highest BCUT2D eigenvalue weighted by molar-refractivity contribution is 5.43. The van der Waals surface area contributed by atoms with Gasteiger partial charge in [0.15, 0.2) is 0 Å². The van der Waals surface area contributed by atoms with E-state index in [1.807, 2.05) is 18.2 Å². The standard InChI is InChI=1S/C15H16FNO2/c16-12-5-7-14(8-6-12)18-9-2-10-19-15-4-1-3-13(17)11-15/h1,3-8,11H,2,9-10,17H2. The zero-order valence-electron chi connectivity index (χ0n) is 10.5. The number of hydrogen-bond acceptors (Lipinski definition) is 3. The molecule has 100 valence electrons. The Hall–Kier alpha value is -2.23. The van der Waals surface area contributed by atoms with Crippen molar-refractivity contribution in [2.45, 2.75) is 6.42 Å². The van der Waals surface area contributed by atoms with Gasteiger partial charge in [0.2, 0.25) is 0 Å². The number of nitrogens with two attached hydrogens (primary N) is 1. The maximum Gasteiger partial charge on any atom is 0.123 e. The molecule has 0 saturated carbocycles. The zero-order valence-corrected chi connectivity index (χ0v) is 10.5. The fourth-order valence-electron chi connectivity index (χ4n) is 1.57. The molecule has 2 rings (SSSR count). The molecule has 0 heterocycles. The molecule has 0 fully saturated rings. The molecule has 2 N–H and O–H groups in total. The first-order valence-electron chi connectivity index (χ1n) is 6.11. The van der Waals surface area contributed by atoms with Crippen LogP contribution in [0.5, 0.6) is 11.5 Å². The first kappa shape index (κ1) is 13.2. The quantitative estimate of drug-likeness (QED) is 0.641. The average Bonchev–Trinajstić information content (AvgIpc) is 2.41. The van der Waals surface area contributed by atoms with Crippen molar-refractivity contribution in [2.24, 2.45) is 0 Å². The lowest BCUT2D eigenvalue weighted by atomic mass is 10.3. The van der Waals surface area contributed by atoms with Crippen LogP contribution in [0, 0.1) is 5.82 Å². The molecule has 4 heteroatoms. The molecule has 0 aromatic heterocycles. The van der Waals surface area contributed by atoms with Crippen LogP contribution in [0.2, 0.25) is 0 Å². The molecule has 0 amide bonds. The van der Waals surface area contributed by atoms with Crippen molar-refractivity contribution < 1.29 is 13.9 Å². The van der Waals surface area contributed by atoms with Crippen molar-refractivity contribution >= 4 is 5.69 Å². The predicted octanol–water partition coefficient (Wildman–Crippen LogP) is 3.26. The van der Waals surface area contributed by atoms with Gasteiger partial charge < -0.3 is 15.2 Å². The highest BCUT2D eigenvalue weighted by atomic mass is 19.1. The summed E-state index contributed by atoms with van der Waals surface area (Å²) in [6.07, 6.45) is 0.742. The monoisotopic (exact) mass is 261 g/mol. The summed E-state index contributed by atoms with van der Waals surface area (Å²) in [5.74, 6) is 1.14. The van der Waals surface area contributed by atoms with Gasteiger partial charge in [-0.2, -0.15) is 0 Å². The number of halogens is 1. The molecule has 0 radical (unpaired) electrons. The minimum atomic E-state index is -0.266. The highest BCUT2D eigenvalue weighted by Gasteiger charge is 1.96. The van der Waals surface area contributed by atoms with Gasteiger partial charge in [0.05, 0.1) is 13.2 Å². The molecule has 2 aromatic carbocycles. The van der Waals surface area contributed by atoms with Crippen LogP contribution in [-0.4, -0.2) is 13.2 Å². The van der Waals surface area contributed by atoms with Gasteiger partial charge in [0, 0.05) is 18.2 Å². The van der Waals surface area contributed by atoms with E-state index in [1.165, 1.54) is 12.1 Å². The third-order valence-electron chi connectivity index (χ3n) is 2.50. The largest absolute Gasteiger partial charge is 0.493 e. The minimum absolute atomic E-state index is 0.266. The summed E-state index contributed by atoms with van der Waals surface area (Å²) in [4.78, 5) is 0. The number of nitrogen functional groups attached to an aromatic ring is 1. The number of hydrogen-bond donors (Lipinski definition) is 1. The maximum absolute atomic E-state index is 12.7. The summed E-state index contributed by atoms with van der Waals surface area (Å²) in [6, 6.07) is 13.3. The van der Waals surface area contributed by atoms with Crippen LogP contribution in [0.4, 0.5) is 10.1 Å². The van der Waals surface area contributed by atoms with Gasteiger partial charge >= 0.3 is 0 Å². The van der Waals surface area contributed by atoms with Gasteiger partial charge in [-0.25, -0.2) is 4.39 Å². The van der Waals surface area contributed by atoms with Crippen LogP contribution in [0.25, 0.3) is 0 Å². The highest BCUT2D eigenvalue weighted by Crippen LogP contribution is 2.15. The van der Waals surface area contributed by atoms with Crippen molar-refractivity contribution in [1.29, 1.82) is 0 Å². The van der Waals surface area contributed by atoms with E-state index < -0.39 is 0 Å². The van der Waals surface area contributed by atoms with Gasteiger partial charge in [-0.3, -0.25) is 0 Å². The molecule has 0 saturated heterocycles. The van der Waals surface area contributed by atoms with Gasteiger partial charge in [0.1, 0.15) is 17.3 Å². The average molecular weight is 261 g/mol. The molecule has 0 unspecified atom stereocenters. The van der Waals surface area contributed by atoms with E-state index >= 15 is 0 Å². The van der Waals surface area contributed by atoms with E-state index in [4.69, 9.17) is 15.2 Å². The molecular formula is C15H16FNO2. The van der Waals surface area contributed by atoms with E-state index in [2.05, 4.69) is 0 Å². The normalized spacial score (nSPS) is 10.2. The SMILES string of the molecule is Nc1cccc(OCCCOc2ccc(F)cc2)c1. The number of ether oxygens (including phenoxy) is 2. The van der Waals surface area contributed by atoms with Crippen LogP contribution >= 0.6 is 0 Å². The van der Waals surface area contributed by atoms with E-state index in [9.17, 15) is 4.39 Å². The molecular weight excluding hydrogens is 245 g/mol. The van der Waals surface area contributed by atoms with Crippen LogP contribution in [0.1, 0.15) is 6.42 Å². The predicted molar refractivity (Wildman–Crippen MR) is 72.9 cm³/mol. The van der Waals surface area contributed by atoms with E-state index in [-0.39, 0.29) is 5.82 Å². The van der Waals surface area contributed by atoms with Crippen molar-refractivity contribution in [1.82, 2.24) is 0 Å². The van der Waals surface area contributed by atoms with Crippen molar-refractivity contribution in [3.8, 4) is 11.5 Å². The lowest BCUT2D eigenvalue weighted by Crippen LogP contribution is -2.05. The summed E-state index contributed by atoms with van der Waals surface area (Å²) < 4.78 is 23.6. The fourth-order valence-corrected chi connectivity index (χ4v) is 1.57. The number of anilines is 1. The zero-order chi connectivity index (χ0) is 13.5. The van der Waals surface area contributed by atoms with Crippen molar-refractivity contribution in [3.05, 3.63) is 54.3 Å². The van der Waals surface area contributed by atoms with Gasteiger partial charge in [-0.05, 0) is 36.4 Å². The first-order chi connectivity index (χ1) is 9.24. The Balaban J connectivity index is 1.66. The maximum atomic E-state index is 12.7. The summed E-state index contributed by atoms with van der Waals surface area (Å²) in [5, 5.41) is 0. The Kier molecular flexibility index (Phi) is 4.61. The number of rotatable bonds is 6. The molecule has 0 aliphatic rings. The molecule has 19 heavy (non-hydrogen) atoms. The smallest absolute Gasteiger partial charge is 0.123 e. The van der Waals surface area contributed by atoms with Gasteiger partial charge in [0.25, 0.3) is 0 Å². The summed E-state index contributed by atoms with van der Waals surface area (Å²) in [6.45, 7) is 1.07. The Morgan fingerprint density at radius 1 is 0.895 bits per heavy atom. The molecule has 0 spiro atoms. The molecule has 0 atom stereocenters. The van der Waals surface area contributed by atoms with Gasteiger partial charge in [-0.15, -0.1) is 0 Å². The summed E-state index contributed by atoms with van der Waals surface area (Å²) >= 11 is 0. The van der Waals surface area contributed by atoms with Crippen molar-refractivity contribution in [3.63, 3.8) is 0 Å². The second-order valence-electron chi connectivity index (χ2n) is 4.08. The minimum Gasteiger partial charge on any atom is -0.493 e. The molecule has 3 nitrogen and oxygen atoms in total.